The molecule has 1 fully saturated rings. The molecule has 10 heteroatoms. The minimum Gasteiger partial charge on any atom is -0.417 e. The van der Waals surface area contributed by atoms with Crippen molar-refractivity contribution in [3.05, 3.63) is 47.2 Å². The van der Waals surface area contributed by atoms with Gasteiger partial charge in [0.1, 0.15) is 0 Å². The molecule has 2 aromatic rings. The summed E-state index contributed by atoms with van der Waals surface area (Å²) in [5.41, 5.74) is 0.00879. The zero-order valence-electron chi connectivity index (χ0n) is 12.7. The summed E-state index contributed by atoms with van der Waals surface area (Å²) in [6.45, 7) is 0.457. The molecule has 0 spiro atoms. The van der Waals surface area contributed by atoms with Gasteiger partial charge in [-0.25, -0.2) is 8.78 Å². The van der Waals surface area contributed by atoms with E-state index in [1.54, 1.807) is 0 Å². The molecule has 134 valence electrons. The van der Waals surface area contributed by atoms with Crippen LogP contribution in [0.4, 0.5) is 22.0 Å². The minimum atomic E-state index is -4.70. The molecule has 25 heavy (non-hydrogen) atoms. The first-order chi connectivity index (χ1) is 11.8. The highest BCUT2D eigenvalue weighted by Gasteiger charge is 2.39. The van der Waals surface area contributed by atoms with E-state index in [-0.39, 0.29) is 24.5 Å². The zero-order chi connectivity index (χ0) is 18.2. The van der Waals surface area contributed by atoms with Crippen molar-refractivity contribution in [3.8, 4) is 0 Å². The van der Waals surface area contributed by atoms with Crippen molar-refractivity contribution in [2.75, 3.05) is 13.1 Å². The van der Waals surface area contributed by atoms with Crippen molar-refractivity contribution < 1.29 is 31.2 Å². The predicted octanol–water partition coefficient (Wildman–Crippen LogP) is 3.39. The van der Waals surface area contributed by atoms with Crippen LogP contribution in [0.1, 0.15) is 40.9 Å². The largest absolute Gasteiger partial charge is 0.470 e. The van der Waals surface area contributed by atoms with E-state index in [0.717, 1.165) is 12.1 Å². The highest BCUT2D eigenvalue weighted by molar-refractivity contribution is 5.94. The fraction of sp³-hybridized carbons (Fsp3) is 0.400. The Morgan fingerprint density at radius 3 is 2.36 bits per heavy atom. The van der Waals surface area contributed by atoms with E-state index in [2.05, 4.69) is 14.6 Å². The second kappa shape index (κ2) is 6.41. The first-order valence-corrected chi connectivity index (χ1v) is 7.40. The Hall–Kier alpha value is -2.52. The van der Waals surface area contributed by atoms with Gasteiger partial charge in [-0.3, -0.25) is 4.79 Å². The van der Waals surface area contributed by atoms with E-state index in [0.29, 0.717) is 12.8 Å². The molecule has 1 aromatic heterocycles. The SMILES string of the molecule is O=C(c1ccc(F)c(F)c1)N1CCC(c2nnc(C(F)(F)F)o2)CC1. The summed E-state index contributed by atoms with van der Waals surface area (Å²) in [5.74, 6) is -4.55. The molecular formula is C15H12F5N3O2. The van der Waals surface area contributed by atoms with Crippen LogP contribution in [-0.2, 0) is 6.18 Å². The fourth-order valence-corrected chi connectivity index (χ4v) is 2.66. The van der Waals surface area contributed by atoms with Crippen LogP contribution in [-0.4, -0.2) is 34.1 Å². The van der Waals surface area contributed by atoms with Gasteiger partial charge in [-0.1, -0.05) is 0 Å². The van der Waals surface area contributed by atoms with Gasteiger partial charge < -0.3 is 9.32 Å². The van der Waals surface area contributed by atoms with Crippen LogP contribution in [0, 0.1) is 11.6 Å². The number of piperidine rings is 1. The molecule has 0 N–H and O–H groups in total. The number of hydrogen-bond acceptors (Lipinski definition) is 4. The topological polar surface area (TPSA) is 59.2 Å². The molecule has 0 aliphatic carbocycles. The number of carbonyl (C=O) groups excluding carboxylic acids is 1. The van der Waals surface area contributed by atoms with Crippen molar-refractivity contribution in [1.82, 2.24) is 15.1 Å². The van der Waals surface area contributed by atoms with Crippen LogP contribution in [0.25, 0.3) is 0 Å². The van der Waals surface area contributed by atoms with Gasteiger partial charge in [0.15, 0.2) is 11.6 Å². The number of carbonyl (C=O) groups is 1. The lowest BCUT2D eigenvalue weighted by atomic mass is 9.96. The van der Waals surface area contributed by atoms with Gasteiger partial charge >= 0.3 is 12.1 Å². The van der Waals surface area contributed by atoms with Crippen LogP contribution in [0.2, 0.25) is 0 Å². The van der Waals surface area contributed by atoms with Crippen LogP contribution >= 0.6 is 0 Å². The summed E-state index contributed by atoms with van der Waals surface area (Å²) in [5, 5.41) is 6.41. The van der Waals surface area contributed by atoms with Crippen molar-refractivity contribution in [2.45, 2.75) is 24.9 Å². The third-order valence-electron chi connectivity index (χ3n) is 3.98. The van der Waals surface area contributed by atoms with Crippen LogP contribution in [0.5, 0.6) is 0 Å². The average Bonchev–Trinajstić information content (AvgIpc) is 3.07. The van der Waals surface area contributed by atoms with E-state index in [9.17, 15) is 26.7 Å². The van der Waals surface area contributed by atoms with Gasteiger partial charge in [0.25, 0.3) is 5.91 Å². The van der Waals surface area contributed by atoms with Gasteiger partial charge in [0, 0.05) is 24.6 Å². The van der Waals surface area contributed by atoms with E-state index < -0.39 is 35.5 Å². The summed E-state index contributed by atoms with van der Waals surface area (Å²) >= 11 is 0. The molecule has 0 unspecified atom stereocenters. The van der Waals surface area contributed by atoms with Crippen LogP contribution in [0.3, 0.4) is 0 Å². The number of halogens is 5. The molecule has 2 heterocycles. The Morgan fingerprint density at radius 2 is 1.80 bits per heavy atom. The van der Waals surface area contributed by atoms with E-state index in [4.69, 9.17) is 0 Å². The Morgan fingerprint density at radius 1 is 1.12 bits per heavy atom. The van der Waals surface area contributed by atoms with E-state index in [1.165, 1.54) is 11.0 Å². The number of nitrogens with zero attached hydrogens (tertiary/aromatic N) is 3. The number of rotatable bonds is 2. The summed E-state index contributed by atoms with van der Waals surface area (Å²) in [4.78, 5) is 13.7. The smallest absolute Gasteiger partial charge is 0.417 e. The van der Waals surface area contributed by atoms with Crippen LogP contribution < -0.4 is 0 Å². The van der Waals surface area contributed by atoms with E-state index in [1.807, 2.05) is 0 Å². The molecule has 1 saturated heterocycles. The van der Waals surface area contributed by atoms with Crippen LogP contribution in [0.15, 0.2) is 22.6 Å². The Balaban J connectivity index is 1.64. The van der Waals surface area contributed by atoms with E-state index >= 15 is 0 Å². The maximum atomic E-state index is 13.2. The summed E-state index contributed by atoms with van der Waals surface area (Å²) in [6.07, 6.45) is -4.04. The standard InChI is InChI=1S/C15H12F5N3O2/c16-10-2-1-9(7-11(10)17)13(24)23-5-3-8(4-6-23)12-21-22-14(25-12)15(18,19)20/h1-2,7-8H,3-6H2. The molecule has 3 rings (SSSR count). The molecule has 1 aliphatic rings. The quantitative estimate of drug-likeness (QED) is 0.770. The maximum Gasteiger partial charge on any atom is 0.470 e. The van der Waals surface area contributed by atoms with Crippen molar-refractivity contribution in [2.24, 2.45) is 0 Å². The lowest BCUT2D eigenvalue weighted by Gasteiger charge is -2.30. The van der Waals surface area contributed by atoms with Crippen molar-refractivity contribution in [3.63, 3.8) is 0 Å². The Labute approximate surface area is 138 Å². The second-order valence-electron chi connectivity index (χ2n) is 5.64. The molecule has 0 radical (unpaired) electrons. The molecule has 5 nitrogen and oxygen atoms in total. The van der Waals surface area contributed by atoms with Crippen molar-refractivity contribution in [1.29, 1.82) is 0 Å². The van der Waals surface area contributed by atoms with Gasteiger partial charge in [-0.2, -0.15) is 13.2 Å². The van der Waals surface area contributed by atoms with Gasteiger partial charge in [-0.15, -0.1) is 10.2 Å². The molecule has 0 saturated carbocycles. The zero-order valence-corrected chi connectivity index (χ0v) is 12.7. The monoisotopic (exact) mass is 361 g/mol. The number of likely N-dealkylation sites (tertiary alicyclic amines) is 1. The molecule has 1 aromatic carbocycles. The van der Waals surface area contributed by atoms with Crippen molar-refractivity contribution >= 4 is 5.91 Å². The normalized spacial score (nSPS) is 16.3. The first-order valence-electron chi connectivity index (χ1n) is 7.40. The summed E-state index contributed by atoms with van der Waals surface area (Å²) in [7, 11) is 0. The molecule has 1 amide bonds. The van der Waals surface area contributed by atoms with Gasteiger partial charge in [0.2, 0.25) is 5.89 Å². The first kappa shape index (κ1) is 17.3. The predicted molar refractivity (Wildman–Crippen MR) is 73.5 cm³/mol. The fourth-order valence-electron chi connectivity index (χ4n) is 2.66. The van der Waals surface area contributed by atoms with Gasteiger partial charge in [0.05, 0.1) is 0 Å². The highest BCUT2D eigenvalue weighted by Crippen LogP contribution is 2.32. The second-order valence-corrected chi connectivity index (χ2v) is 5.64. The minimum absolute atomic E-state index is 0.00879. The van der Waals surface area contributed by atoms with Gasteiger partial charge in [-0.05, 0) is 31.0 Å². The number of aromatic nitrogens is 2. The number of benzene rings is 1. The Kier molecular flexibility index (Phi) is 4.44. The third-order valence-corrected chi connectivity index (χ3v) is 3.98. The Bertz CT molecular complexity index is 782. The molecule has 0 bridgehead atoms. The lowest BCUT2D eigenvalue weighted by Crippen LogP contribution is -2.38. The lowest BCUT2D eigenvalue weighted by molar-refractivity contribution is -0.157. The average molecular weight is 361 g/mol. The highest BCUT2D eigenvalue weighted by atomic mass is 19.4. The molecule has 0 atom stereocenters. The molecular weight excluding hydrogens is 349 g/mol. The summed E-state index contributed by atoms with van der Waals surface area (Å²) < 4.78 is 68.2. The number of alkyl halides is 3. The third kappa shape index (κ3) is 3.62. The number of amides is 1. The molecule has 1 aliphatic heterocycles. The summed E-state index contributed by atoms with van der Waals surface area (Å²) in [6, 6.07) is 2.87. The maximum absolute atomic E-state index is 13.2. The number of hydrogen-bond donors (Lipinski definition) is 0.